The highest BCUT2D eigenvalue weighted by molar-refractivity contribution is 8.26. The summed E-state index contributed by atoms with van der Waals surface area (Å²) in [6.07, 6.45) is 5.26. The number of hydrogen-bond acceptors (Lipinski definition) is 3. The van der Waals surface area contributed by atoms with Crippen molar-refractivity contribution in [3.05, 3.63) is 12.2 Å². The van der Waals surface area contributed by atoms with E-state index in [9.17, 15) is 9.59 Å². The maximum absolute atomic E-state index is 11.4. The van der Waals surface area contributed by atoms with Crippen LogP contribution in [-0.4, -0.2) is 10.2 Å². The monoisotopic (exact) mass is 180 g/mol. The third-order valence-electron chi connectivity index (χ3n) is 3.20. The number of thioether (sulfide) groups is 1. The maximum Gasteiger partial charge on any atom is 0.200 e. The smallest absolute Gasteiger partial charge is 0.200 e. The summed E-state index contributed by atoms with van der Waals surface area (Å²) in [6, 6.07) is 0. The van der Waals surface area contributed by atoms with E-state index in [0.29, 0.717) is 11.8 Å². The lowest BCUT2D eigenvalue weighted by atomic mass is 9.85. The van der Waals surface area contributed by atoms with Gasteiger partial charge in [-0.3, -0.25) is 9.59 Å². The van der Waals surface area contributed by atoms with Crippen LogP contribution >= 0.6 is 11.8 Å². The van der Waals surface area contributed by atoms with Gasteiger partial charge < -0.3 is 0 Å². The lowest BCUT2D eigenvalue weighted by Crippen LogP contribution is -2.21. The molecular formula is C9H8O2S. The van der Waals surface area contributed by atoms with Gasteiger partial charge >= 0.3 is 0 Å². The van der Waals surface area contributed by atoms with E-state index in [-0.39, 0.29) is 22.1 Å². The zero-order chi connectivity index (χ0) is 8.29. The molecule has 1 aliphatic heterocycles. The summed E-state index contributed by atoms with van der Waals surface area (Å²) in [4.78, 5) is 22.7. The molecule has 2 fully saturated rings. The molecule has 62 valence electrons. The Morgan fingerprint density at radius 1 is 1.08 bits per heavy atom. The second-order valence-electron chi connectivity index (χ2n) is 3.74. The Hall–Kier alpha value is -0.570. The molecule has 0 radical (unpaired) electrons. The fourth-order valence-corrected chi connectivity index (χ4v) is 3.81. The van der Waals surface area contributed by atoms with E-state index >= 15 is 0 Å². The average Bonchev–Trinajstić information content (AvgIpc) is 2.64. The lowest BCUT2D eigenvalue weighted by molar-refractivity contribution is -0.119. The quantitative estimate of drug-likeness (QED) is 0.526. The van der Waals surface area contributed by atoms with Crippen molar-refractivity contribution in [2.45, 2.75) is 6.42 Å². The molecule has 0 aromatic rings. The number of allylic oxidation sites excluding steroid dienone is 2. The van der Waals surface area contributed by atoms with Gasteiger partial charge in [-0.15, -0.1) is 0 Å². The van der Waals surface area contributed by atoms with Crippen molar-refractivity contribution in [2.75, 3.05) is 0 Å². The molecule has 3 rings (SSSR count). The lowest BCUT2D eigenvalue weighted by Gasteiger charge is -2.15. The molecule has 2 nitrogen and oxygen atoms in total. The van der Waals surface area contributed by atoms with E-state index in [2.05, 4.69) is 12.2 Å². The van der Waals surface area contributed by atoms with Crippen LogP contribution in [0.4, 0.5) is 0 Å². The van der Waals surface area contributed by atoms with Crippen LogP contribution in [0.5, 0.6) is 0 Å². The van der Waals surface area contributed by atoms with Crippen LogP contribution < -0.4 is 0 Å². The first-order valence-corrected chi connectivity index (χ1v) is 5.03. The van der Waals surface area contributed by atoms with Gasteiger partial charge in [0.25, 0.3) is 0 Å². The average molecular weight is 180 g/mol. The van der Waals surface area contributed by atoms with Crippen molar-refractivity contribution in [3.63, 3.8) is 0 Å². The maximum atomic E-state index is 11.4. The number of carbonyl (C=O) groups excluding carboxylic acids is 2. The fourth-order valence-electron chi connectivity index (χ4n) is 2.70. The summed E-state index contributed by atoms with van der Waals surface area (Å²) < 4.78 is 0. The Morgan fingerprint density at radius 3 is 2.08 bits per heavy atom. The summed E-state index contributed by atoms with van der Waals surface area (Å²) in [6.45, 7) is 0. The molecule has 2 bridgehead atoms. The van der Waals surface area contributed by atoms with Gasteiger partial charge in [0.1, 0.15) is 0 Å². The predicted molar refractivity (Wildman–Crippen MR) is 45.3 cm³/mol. The number of fused-ring (bicyclic) bond motifs is 5. The Bertz CT molecular complexity index is 280. The molecule has 2 aliphatic carbocycles. The van der Waals surface area contributed by atoms with Crippen LogP contribution in [0.1, 0.15) is 6.42 Å². The number of hydrogen-bond donors (Lipinski definition) is 0. The highest BCUT2D eigenvalue weighted by Gasteiger charge is 2.56. The normalized spacial score (nSPS) is 49.0. The largest absolute Gasteiger partial charge is 0.286 e. The van der Waals surface area contributed by atoms with Crippen molar-refractivity contribution in [1.29, 1.82) is 0 Å². The zero-order valence-electron chi connectivity index (χ0n) is 6.40. The van der Waals surface area contributed by atoms with Gasteiger partial charge in [-0.2, -0.15) is 0 Å². The van der Waals surface area contributed by atoms with Crippen LogP contribution in [0, 0.1) is 23.7 Å². The van der Waals surface area contributed by atoms with E-state index in [1.54, 1.807) is 0 Å². The molecule has 3 heteroatoms. The summed E-state index contributed by atoms with van der Waals surface area (Å²) in [5.74, 6) is 0.841. The summed E-state index contributed by atoms with van der Waals surface area (Å²) in [5.41, 5.74) is 0. The van der Waals surface area contributed by atoms with Gasteiger partial charge in [-0.1, -0.05) is 12.2 Å². The highest BCUT2D eigenvalue weighted by atomic mass is 32.2. The van der Waals surface area contributed by atoms with Crippen molar-refractivity contribution in [2.24, 2.45) is 23.7 Å². The van der Waals surface area contributed by atoms with Crippen molar-refractivity contribution >= 4 is 22.0 Å². The van der Waals surface area contributed by atoms with E-state index in [1.807, 2.05) is 0 Å². The molecule has 0 aromatic heterocycles. The summed E-state index contributed by atoms with van der Waals surface area (Å²) in [5, 5.41) is 0.226. The minimum absolute atomic E-state index is 0.0394. The molecule has 12 heavy (non-hydrogen) atoms. The second-order valence-corrected chi connectivity index (χ2v) is 4.75. The predicted octanol–water partition coefficient (Wildman–Crippen LogP) is 1.22. The van der Waals surface area contributed by atoms with Crippen molar-refractivity contribution in [3.8, 4) is 0 Å². The van der Waals surface area contributed by atoms with Gasteiger partial charge in [0.05, 0.1) is 0 Å². The first kappa shape index (κ1) is 6.89. The van der Waals surface area contributed by atoms with Crippen LogP contribution in [0.15, 0.2) is 12.2 Å². The molecule has 4 atom stereocenters. The zero-order valence-corrected chi connectivity index (χ0v) is 7.21. The van der Waals surface area contributed by atoms with Crippen LogP contribution in [0.25, 0.3) is 0 Å². The molecule has 0 unspecified atom stereocenters. The number of carbonyl (C=O) groups is 2. The molecule has 3 aliphatic rings. The molecule has 1 saturated heterocycles. The third-order valence-corrected chi connectivity index (χ3v) is 4.15. The second kappa shape index (κ2) is 2.02. The Balaban J connectivity index is 2.08. The molecule has 0 amide bonds. The Labute approximate surface area is 74.4 Å². The van der Waals surface area contributed by atoms with E-state index in [4.69, 9.17) is 0 Å². The molecule has 1 saturated carbocycles. The molecule has 0 aromatic carbocycles. The van der Waals surface area contributed by atoms with Crippen LogP contribution in [0.3, 0.4) is 0 Å². The van der Waals surface area contributed by atoms with E-state index in [1.165, 1.54) is 0 Å². The SMILES string of the molecule is O=C1SC(=O)[C@H]2[C@@H]1[C@H]1C=C[C@@H]2C1. The first-order valence-electron chi connectivity index (χ1n) is 4.21. The Morgan fingerprint density at radius 2 is 1.58 bits per heavy atom. The topological polar surface area (TPSA) is 34.1 Å². The van der Waals surface area contributed by atoms with E-state index < -0.39 is 0 Å². The molecule has 0 N–H and O–H groups in total. The minimum atomic E-state index is 0.0394. The van der Waals surface area contributed by atoms with E-state index in [0.717, 1.165) is 18.2 Å². The van der Waals surface area contributed by atoms with Crippen molar-refractivity contribution in [1.82, 2.24) is 0 Å². The fraction of sp³-hybridized carbons (Fsp3) is 0.556. The Kier molecular flexibility index (Phi) is 1.16. The first-order chi connectivity index (χ1) is 5.77. The van der Waals surface area contributed by atoms with Gasteiger partial charge in [-0.25, -0.2) is 0 Å². The van der Waals surface area contributed by atoms with Crippen molar-refractivity contribution < 1.29 is 9.59 Å². The van der Waals surface area contributed by atoms with Crippen LogP contribution in [-0.2, 0) is 9.59 Å². The minimum Gasteiger partial charge on any atom is -0.286 e. The summed E-state index contributed by atoms with van der Waals surface area (Å²) >= 11 is 0.942. The number of rotatable bonds is 0. The third kappa shape index (κ3) is 0.637. The molecule has 0 spiro atoms. The summed E-state index contributed by atoms with van der Waals surface area (Å²) in [7, 11) is 0. The van der Waals surface area contributed by atoms with Gasteiger partial charge in [-0.05, 0) is 30.0 Å². The standard InChI is InChI=1S/C9H8O2S/c10-8-6-4-1-2-5(3-4)7(6)9(11)12-8/h1-2,4-7H,3H2/t4-,5+,6-,7+. The van der Waals surface area contributed by atoms with Gasteiger partial charge in [0.15, 0.2) is 0 Å². The van der Waals surface area contributed by atoms with Gasteiger partial charge in [0.2, 0.25) is 10.2 Å². The molecular weight excluding hydrogens is 172 g/mol. The molecule has 1 heterocycles. The highest BCUT2D eigenvalue weighted by Crippen LogP contribution is 2.55. The van der Waals surface area contributed by atoms with Gasteiger partial charge in [0, 0.05) is 11.8 Å². The van der Waals surface area contributed by atoms with Crippen LogP contribution in [0.2, 0.25) is 0 Å².